The molecule has 0 aromatic heterocycles. The highest BCUT2D eigenvalue weighted by Gasteiger charge is 2.33. The molecule has 0 saturated heterocycles. The molecule has 3 rings (SSSR count). The summed E-state index contributed by atoms with van der Waals surface area (Å²) in [6.07, 6.45) is 2.99. The molecule has 0 heterocycles. The van der Waals surface area contributed by atoms with Crippen LogP contribution in [-0.2, 0) is 32.6 Å². The van der Waals surface area contributed by atoms with Gasteiger partial charge in [0.15, 0.2) is 0 Å². The summed E-state index contributed by atoms with van der Waals surface area (Å²) < 4.78 is 32.3. The van der Waals surface area contributed by atoms with E-state index in [1.54, 1.807) is 48.5 Å². The standard InChI is InChI=1S/C30H36ClN3O5S/c1-4-5-19-32-30(36)27(20-23-11-7-6-8-12-23)33(21-24-15-17-25(31)18-16-24)29(35)22-34(40(3,37)38)26-13-9-10-14-28(26)39-2/h6-18,27H,4-5,19-22H2,1-3H3,(H,32,36). The zero-order valence-corrected chi connectivity index (χ0v) is 24.6. The van der Waals surface area contributed by atoms with Crippen molar-refractivity contribution < 1.29 is 22.7 Å². The Labute approximate surface area is 241 Å². The fourth-order valence-electron chi connectivity index (χ4n) is 4.28. The Bertz CT molecular complexity index is 1370. The summed E-state index contributed by atoms with van der Waals surface area (Å²) in [5.41, 5.74) is 1.86. The maximum atomic E-state index is 14.1. The fraction of sp³-hybridized carbons (Fsp3) is 0.333. The number of para-hydroxylation sites is 2. The number of hydrogen-bond donors (Lipinski definition) is 1. The van der Waals surface area contributed by atoms with Crippen LogP contribution in [0.4, 0.5) is 5.69 Å². The minimum atomic E-state index is -3.89. The van der Waals surface area contributed by atoms with E-state index in [4.69, 9.17) is 16.3 Å². The van der Waals surface area contributed by atoms with Gasteiger partial charge in [0, 0.05) is 24.5 Å². The number of benzene rings is 3. The molecule has 0 aliphatic rings. The van der Waals surface area contributed by atoms with Crippen LogP contribution in [0.5, 0.6) is 5.75 Å². The Morgan fingerprint density at radius 3 is 2.23 bits per heavy atom. The van der Waals surface area contributed by atoms with Gasteiger partial charge in [-0.1, -0.05) is 79.5 Å². The minimum Gasteiger partial charge on any atom is -0.495 e. The Morgan fingerprint density at radius 2 is 1.60 bits per heavy atom. The quantitative estimate of drug-likeness (QED) is 0.277. The molecule has 10 heteroatoms. The molecule has 1 atom stereocenters. The molecule has 3 aromatic rings. The normalized spacial score (nSPS) is 11.9. The highest BCUT2D eigenvalue weighted by molar-refractivity contribution is 7.92. The smallest absolute Gasteiger partial charge is 0.244 e. The number of nitrogens with one attached hydrogen (secondary N) is 1. The third-order valence-electron chi connectivity index (χ3n) is 6.40. The van der Waals surface area contributed by atoms with Gasteiger partial charge in [0.2, 0.25) is 21.8 Å². The number of rotatable bonds is 14. The molecule has 3 aromatic carbocycles. The summed E-state index contributed by atoms with van der Waals surface area (Å²) >= 11 is 6.09. The van der Waals surface area contributed by atoms with E-state index in [-0.39, 0.29) is 24.6 Å². The number of carbonyl (C=O) groups is 2. The van der Waals surface area contributed by atoms with Crippen LogP contribution in [0.2, 0.25) is 5.02 Å². The van der Waals surface area contributed by atoms with Gasteiger partial charge in [0.1, 0.15) is 18.3 Å². The summed E-state index contributed by atoms with van der Waals surface area (Å²) in [7, 11) is -2.46. The van der Waals surface area contributed by atoms with Gasteiger partial charge in [-0.2, -0.15) is 0 Å². The number of sulfonamides is 1. The summed E-state index contributed by atoms with van der Waals surface area (Å²) in [5, 5.41) is 3.50. The first kappa shape index (κ1) is 31.0. The molecular formula is C30H36ClN3O5S. The minimum absolute atomic E-state index is 0.0816. The lowest BCUT2D eigenvalue weighted by molar-refractivity contribution is -0.140. The van der Waals surface area contributed by atoms with Crippen molar-refractivity contribution in [3.8, 4) is 5.75 Å². The number of unbranched alkanes of at least 4 members (excludes halogenated alkanes) is 1. The van der Waals surface area contributed by atoms with Gasteiger partial charge in [-0.15, -0.1) is 0 Å². The molecule has 0 aliphatic heterocycles. The first-order valence-corrected chi connectivity index (χ1v) is 15.3. The van der Waals surface area contributed by atoms with Crippen LogP contribution in [0.15, 0.2) is 78.9 Å². The van der Waals surface area contributed by atoms with Crippen molar-refractivity contribution in [1.82, 2.24) is 10.2 Å². The van der Waals surface area contributed by atoms with Gasteiger partial charge in [0.25, 0.3) is 0 Å². The SMILES string of the molecule is CCCCNC(=O)C(Cc1ccccc1)N(Cc1ccc(Cl)cc1)C(=O)CN(c1ccccc1OC)S(C)(=O)=O. The molecule has 214 valence electrons. The van der Waals surface area contributed by atoms with Crippen LogP contribution < -0.4 is 14.4 Å². The van der Waals surface area contributed by atoms with Crippen LogP contribution in [0.25, 0.3) is 0 Å². The predicted octanol–water partition coefficient (Wildman–Crippen LogP) is 4.67. The van der Waals surface area contributed by atoms with E-state index in [2.05, 4.69) is 5.32 Å². The average Bonchev–Trinajstić information content (AvgIpc) is 2.94. The molecule has 1 unspecified atom stereocenters. The first-order valence-electron chi connectivity index (χ1n) is 13.1. The maximum Gasteiger partial charge on any atom is 0.244 e. The predicted molar refractivity (Wildman–Crippen MR) is 159 cm³/mol. The van der Waals surface area contributed by atoms with Crippen LogP contribution in [-0.4, -0.2) is 57.6 Å². The Hall–Kier alpha value is -3.56. The largest absolute Gasteiger partial charge is 0.495 e. The Balaban J connectivity index is 2.05. The van der Waals surface area contributed by atoms with E-state index >= 15 is 0 Å². The summed E-state index contributed by atoms with van der Waals surface area (Å²) in [5.74, 6) is -0.524. The molecular weight excluding hydrogens is 550 g/mol. The molecule has 0 bridgehead atoms. The second-order valence-electron chi connectivity index (χ2n) is 9.44. The van der Waals surface area contributed by atoms with Crippen molar-refractivity contribution in [2.75, 3.05) is 30.8 Å². The first-order chi connectivity index (χ1) is 19.1. The zero-order valence-electron chi connectivity index (χ0n) is 23.0. The zero-order chi connectivity index (χ0) is 29.1. The van der Waals surface area contributed by atoms with Crippen molar-refractivity contribution >= 4 is 39.1 Å². The van der Waals surface area contributed by atoms with Gasteiger partial charge in [0.05, 0.1) is 19.1 Å². The number of methoxy groups -OCH3 is 1. The Morgan fingerprint density at radius 1 is 0.950 bits per heavy atom. The maximum absolute atomic E-state index is 14.1. The van der Waals surface area contributed by atoms with E-state index in [1.807, 2.05) is 37.3 Å². The number of anilines is 1. The molecule has 2 amide bonds. The van der Waals surface area contributed by atoms with Crippen LogP contribution in [0.1, 0.15) is 30.9 Å². The van der Waals surface area contributed by atoms with Gasteiger partial charge in [-0.25, -0.2) is 8.42 Å². The van der Waals surface area contributed by atoms with Crippen LogP contribution >= 0.6 is 11.6 Å². The summed E-state index contributed by atoms with van der Waals surface area (Å²) in [6.45, 7) is 2.07. The number of halogens is 1. The van der Waals surface area contributed by atoms with Crippen LogP contribution in [0, 0.1) is 0 Å². The average molecular weight is 586 g/mol. The van der Waals surface area contributed by atoms with Crippen molar-refractivity contribution in [3.63, 3.8) is 0 Å². The van der Waals surface area contributed by atoms with Crippen molar-refractivity contribution in [1.29, 1.82) is 0 Å². The molecule has 40 heavy (non-hydrogen) atoms. The lowest BCUT2D eigenvalue weighted by Gasteiger charge is -2.33. The number of nitrogens with zero attached hydrogens (tertiary/aromatic N) is 2. The molecule has 0 radical (unpaired) electrons. The Kier molecular flexibility index (Phi) is 11.4. The van der Waals surface area contributed by atoms with Crippen molar-refractivity contribution in [2.24, 2.45) is 0 Å². The van der Waals surface area contributed by atoms with E-state index in [0.29, 0.717) is 17.3 Å². The number of carbonyl (C=O) groups excluding carboxylic acids is 2. The highest BCUT2D eigenvalue weighted by Crippen LogP contribution is 2.30. The number of ether oxygens (including phenoxy) is 1. The molecule has 1 N–H and O–H groups in total. The third kappa shape index (κ3) is 8.72. The monoisotopic (exact) mass is 585 g/mol. The topological polar surface area (TPSA) is 96.0 Å². The van der Waals surface area contributed by atoms with Crippen molar-refractivity contribution in [3.05, 3.63) is 95.0 Å². The second-order valence-corrected chi connectivity index (χ2v) is 11.8. The summed E-state index contributed by atoms with van der Waals surface area (Å²) in [4.78, 5) is 29.1. The van der Waals surface area contributed by atoms with E-state index in [1.165, 1.54) is 12.0 Å². The molecule has 0 saturated carbocycles. The second kappa shape index (κ2) is 14.7. The fourth-order valence-corrected chi connectivity index (χ4v) is 5.26. The van der Waals surface area contributed by atoms with E-state index in [9.17, 15) is 18.0 Å². The third-order valence-corrected chi connectivity index (χ3v) is 7.78. The van der Waals surface area contributed by atoms with Crippen LogP contribution in [0.3, 0.4) is 0 Å². The number of hydrogen-bond acceptors (Lipinski definition) is 5. The summed E-state index contributed by atoms with van der Waals surface area (Å²) in [6, 6.07) is 22.1. The van der Waals surface area contributed by atoms with Crippen molar-refractivity contribution in [2.45, 2.75) is 38.8 Å². The van der Waals surface area contributed by atoms with Gasteiger partial charge < -0.3 is 15.0 Å². The van der Waals surface area contributed by atoms with Gasteiger partial charge >= 0.3 is 0 Å². The molecule has 0 spiro atoms. The highest BCUT2D eigenvalue weighted by atomic mass is 35.5. The molecule has 8 nitrogen and oxygen atoms in total. The van der Waals surface area contributed by atoms with Gasteiger partial charge in [-0.05, 0) is 41.8 Å². The number of amides is 2. The molecule has 0 aliphatic carbocycles. The lowest BCUT2D eigenvalue weighted by Crippen LogP contribution is -2.53. The molecule has 0 fully saturated rings. The van der Waals surface area contributed by atoms with E-state index < -0.39 is 28.5 Å². The van der Waals surface area contributed by atoms with E-state index in [0.717, 1.165) is 34.5 Å². The van der Waals surface area contributed by atoms with Gasteiger partial charge in [-0.3, -0.25) is 13.9 Å². The lowest BCUT2D eigenvalue weighted by atomic mass is 10.0.